The molecule has 3 rings (SSSR count). The molecule has 3 heterocycles. The Morgan fingerprint density at radius 1 is 1.39 bits per heavy atom. The highest BCUT2D eigenvalue weighted by Gasteiger charge is 2.20. The summed E-state index contributed by atoms with van der Waals surface area (Å²) in [6.45, 7) is 1.81. The van der Waals surface area contributed by atoms with Crippen LogP contribution in [0.25, 0.3) is 11.6 Å². The van der Waals surface area contributed by atoms with Crippen LogP contribution < -0.4 is 10.6 Å². The number of aromatic nitrogens is 3. The first kappa shape index (κ1) is 11.7. The van der Waals surface area contributed by atoms with Crippen LogP contribution in [0.1, 0.15) is 12.8 Å². The molecule has 3 N–H and O–H groups in total. The third kappa shape index (κ3) is 2.28. The van der Waals surface area contributed by atoms with E-state index in [9.17, 15) is 0 Å². The van der Waals surface area contributed by atoms with Crippen molar-refractivity contribution in [2.45, 2.75) is 18.9 Å². The maximum absolute atomic E-state index is 5.88. The van der Waals surface area contributed by atoms with Gasteiger partial charge in [0.2, 0.25) is 5.95 Å². The Labute approximate surface area is 113 Å². The number of hydrogen-bond acceptors (Lipinski definition) is 5. The Kier molecular flexibility index (Phi) is 3.09. The van der Waals surface area contributed by atoms with Crippen molar-refractivity contribution in [3.63, 3.8) is 0 Å². The van der Waals surface area contributed by atoms with Crippen molar-refractivity contribution in [2.24, 2.45) is 5.73 Å². The summed E-state index contributed by atoms with van der Waals surface area (Å²) in [7, 11) is 0. The summed E-state index contributed by atoms with van der Waals surface area (Å²) in [6, 6.07) is 3.98. The second kappa shape index (κ2) is 4.74. The molecule has 1 aliphatic rings. The first-order valence-electron chi connectivity index (χ1n) is 5.91. The number of rotatable bonds is 2. The number of anilines is 1. The minimum absolute atomic E-state index is 0.306. The zero-order chi connectivity index (χ0) is 12.5. The summed E-state index contributed by atoms with van der Waals surface area (Å²) in [6.07, 6.45) is 1.96. The summed E-state index contributed by atoms with van der Waals surface area (Å²) in [5.41, 5.74) is 5.88. The van der Waals surface area contributed by atoms with Crippen molar-refractivity contribution in [3.8, 4) is 11.6 Å². The zero-order valence-electron chi connectivity index (χ0n) is 9.77. The van der Waals surface area contributed by atoms with Crippen LogP contribution in [0.5, 0.6) is 0 Å². The summed E-state index contributed by atoms with van der Waals surface area (Å²) in [5.74, 6) is 2.03. The number of halogens is 1. The Balaban J connectivity index is 1.77. The topological polar surface area (TPSA) is 84.0 Å². The monoisotopic (exact) mass is 311 g/mol. The minimum atomic E-state index is 0.306. The van der Waals surface area contributed by atoms with Gasteiger partial charge in [-0.2, -0.15) is 4.98 Å². The minimum Gasteiger partial charge on any atom is -0.446 e. The van der Waals surface area contributed by atoms with Gasteiger partial charge in [0, 0.05) is 19.1 Å². The summed E-state index contributed by atoms with van der Waals surface area (Å²) >= 11 is 3.27. The average molecular weight is 312 g/mol. The van der Waals surface area contributed by atoms with Crippen LogP contribution in [0.15, 0.2) is 21.2 Å². The second-order valence-corrected chi connectivity index (χ2v) is 5.19. The van der Waals surface area contributed by atoms with Gasteiger partial charge in [0.05, 0.1) is 0 Å². The molecular formula is C11H14BrN5O. The van der Waals surface area contributed by atoms with Crippen LogP contribution in [0, 0.1) is 0 Å². The van der Waals surface area contributed by atoms with E-state index in [0.717, 1.165) is 25.9 Å². The average Bonchev–Trinajstić information content (AvgIpc) is 2.98. The number of piperidine rings is 1. The third-order valence-corrected chi connectivity index (χ3v) is 3.53. The molecule has 0 saturated carbocycles. The summed E-state index contributed by atoms with van der Waals surface area (Å²) in [4.78, 5) is 6.59. The molecule has 1 aliphatic heterocycles. The van der Waals surface area contributed by atoms with E-state index in [0.29, 0.717) is 28.2 Å². The molecule has 18 heavy (non-hydrogen) atoms. The predicted molar refractivity (Wildman–Crippen MR) is 71.2 cm³/mol. The largest absolute Gasteiger partial charge is 0.446 e. The van der Waals surface area contributed by atoms with Gasteiger partial charge < -0.3 is 15.1 Å². The molecule has 96 valence electrons. The molecule has 2 aromatic rings. The van der Waals surface area contributed by atoms with Gasteiger partial charge in [-0.15, -0.1) is 5.10 Å². The van der Waals surface area contributed by atoms with Crippen molar-refractivity contribution in [3.05, 3.63) is 16.8 Å². The summed E-state index contributed by atoms with van der Waals surface area (Å²) in [5, 5.41) is 7.12. The molecule has 1 saturated heterocycles. The lowest BCUT2D eigenvalue weighted by Gasteiger charge is -2.28. The van der Waals surface area contributed by atoms with Gasteiger partial charge in [0.25, 0.3) is 0 Å². The fraction of sp³-hybridized carbons (Fsp3) is 0.455. The van der Waals surface area contributed by atoms with Crippen LogP contribution in [-0.4, -0.2) is 34.3 Å². The third-order valence-electron chi connectivity index (χ3n) is 3.10. The first-order chi connectivity index (χ1) is 8.72. The maximum atomic E-state index is 5.88. The quantitative estimate of drug-likeness (QED) is 0.882. The Morgan fingerprint density at radius 3 is 2.83 bits per heavy atom. The number of nitrogens with zero attached hydrogens (tertiary/aromatic N) is 3. The number of aromatic amines is 1. The van der Waals surface area contributed by atoms with Gasteiger partial charge in [-0.3, -0.25) is 5.10 Å². The van der Waals surface area contributed by atoms with Gasteiger partial charge >= 0.3 is 0 Å². The molecule has 2 aromatic heterocycles. The van der Waals surface area contributed by atoms with Gasteiger partial charge in [-0.05, 0) is 40.9 Å². The predicted octanol–water partition coefficient (Wildman–Crippen LogP) is 1.75. The van der Waals surface area contributed by atoms with Crippen LogP contribution in [0.4, 0.5) is 5.95 Å². The lowest BCUT2D eigenvalue weighted by molar-refractivity contribution is 0.496. The molecular weight excluding hydrogens is 298 g/mol. The number of nitrogens with one attached hydrogen (secondary N) is 1. The maximum Gasteiger partial charge on any atom is 0.245 e. The number of furan rings is 1. The van der Waals surface area contributed by atoms with Crippen LogP contribution in [0.2, 0.25) is 0 Å². The fourth-order valence-corrected chi connectivity index (χ4v) is 2.35. The Bertz CT molecular complexity index is 529. The normalized spacial score (nSPS) is 17.3. The smallest absolute Gasteiger partial charge is 0.245 e. The SMILES string of the molecule is NC1CCN(c2n[nH]c(-c3ccc(Br)o3)n2)CC1. The van der Waals surface area contributed by atoms with Gasteiger partial charge in [0.15, 0.2) is 16.3 Å². The molecule has 0 aliphatic carbocycles. The number of hydrogen-bond donors (Lipinski definition) is 2. The van der Waals surface area contributed by atoms with E-state index in [1.54, 1.807) is 0 Å². The van der Waals surface area contributed by atoms with E-state index in [-0.39, 0.29) is 0 Å². The number of nitrogens with two attached hydrogens (primary N) is 1. The molecule has 0 aromatic carbocycles. The molecule has 1 fully saturated rings. The molecule has 0 bridgehead atoms. The molecule has 0 atom stereocenters. The fourth-order valence-electron chi connectivity index (χ4n) is 2.05. The van der Waals surface area contributed by atoms with Crippen LogP contribution in [-0.2, 0) is 0 Å². The lowest BCUT2D eigenvalue weighted by atomic mass is 10.1. The number of H-pyrrole nitrogens is 1. The highest BCUT2D eigenvalue weighted by atomic mass is 79.9. The van der Waals surface area contributed by atoms with E-state index in [2.05, 4.69) is 36.0 Å². The highest BCUT2D eigenvalue weighted by Crippen LogP contribution is 2.24. The molecule has 0 unspecified atom stereocenters. The van der Waals surface area contributed by atoms with Crippen molar-refractivity contribution < 1.29 is 4.42 Å². The van der Waals surface area contributed by atoms with Crippen molar-refractivity contribution in [1.82, 2.24) is 15.2 Å². The first-order valence-corrected chi connectivity index (χ1v) is 6.70. The van der Waals surface area contributed by atoms with Gasteiger partial charge in [-0.25, -0.2) is 0 Å². The van der Waals surface area contributed by atoms with E-state index in [4.69, 9.17) is 10.2 Å². The molecule has 0 spiro atoms. The van der Waals surface area contributed by atoms with Crippen molar-refractivity contribution in [1.29, 1.82) is 0 Å². The summed E-state index contributed by atoms with van der Waals surface area (Å²) < 4.78 is 6.11. The molecule has 6 nitrogen and oxygen atoms in total. The van der Waals surface area contributed by atoms with Crippen molar-refractivity contribution in [2.75, 3.05) is 18.0 Å². The zero-order valence-corrected chi connectivity index (χ0v) is 11.4. The van der Waals surface area contributed by atoms with E-state index in [1.165, 1.54) is 0 Å². The van der Waals surface area contributed by atoms with Gasteiger partial charge in [0.1, 0.15) is 0 Å². The van der Waals surface area contributed by atoms with E-state index < -0.39 is 0 Å². The van der Waals surface area contributed by atoms with Crippen LogP contribution >= 0.6 is 15.9 Å². The van der Waals surface area contributed by atoms with E-state index >= 15 is 0 Å². The van der Waals surface area contributed by atoms with E-state index in [1.807, 2.05) is 12.1 Å². The Morgan fingerprint density at radius 2 is 2.17 bits per heavy atom. The molecule has 0 amide bonds. The van der Waals surface area contributed by atoms with Crippen molar-refractivity contribution >= 4 is 21.9 Å². The second-order valence-electron chi connectivity index (χ2n) is 4.41. The van der Waals surface area contributed by atoms with Crippen LogP contribution in [0.3, 0.4) is 0 Å². The highest BCUT2D eigenvalue weighted by molar-refractivity contribution is 9.10. The molecule has 7 heteroatoms. The Hall–Kier alpha value is -1.34. The standard InChI is InChI=1S/C11H14BrN5O/c12-9-2-1-8(18-9)10-14-11(16-15-10)17-5-3-7(13)4-6-17/h1-2,7H,3-6,13H2,(H,14,15,16). The lowest BCUT2D eigenvalue weighted by Crippen LogP contribution is -2.40. The van der Waals surface area contributed by atoms with Gasteiger partial charge in [-0.1, -0.05) is 0 Å². The molecule has 0 radical (unpaired) electrons.